The molecule has 0 bridgehead atoms. The Morgan fingerprint density at radius 1 is 1.06 bits per heavy atom. The van der Waals surface area contributed by atoms with Gasteiger partial charge in [-0.1, -0.05) is 43.3 Å². The first-order valence-corrected chi connectivity index (χ1v) is 11.4. The molecule has 0 fully saturated rings. The predicted molar refractivity (Wildman–Crippen MR) is 131 cm³/mol. The molecule has 2 aromatic heterocycles. The molecular weight excluding hydrogens is 414 g/mol. The standard InChI is InChI=1S/C27H29N3O3/c1-2-9-26(31)33-27-22-19-21(32-17-8-16-29-25-12-6-7-15-28-25)13-14-23(22)30-24(27)18-20-10-4-3-5-11-20/h3-7,10-15,19,30H,2,8-9,16-18H2,1H3,(H,28,29). The number of hydrogen-bond donors (Lipinski definition) is 2. The van der Waals surface area contributed by atoms with E-state index in [1.807, 2.05) is 61.5 Å². The molecule has 33 heavy (non-hydrogen) atoms. The van der Waals surface area contributed by atoms with Gasteiger partial charge in [0.15, 0.2) is 5.75 Å². The number of H-pyrrole nitrogens is 1. The van der Waals surface area contributed by atoms with Crippen LogP contribution in [0.3, 0.4) is 0 Å². The van der Waals surface area contributed by atoms with Crippen LogP contribution in [0.15, 0.2) is 72.9 Å². The van der Waals surface area contributed by atoms with Crippen LogP contribution in [-0.4, -0.2) is 29.1 Å². The molecule has 6 nitrogen and oxygen atoms in total. The molecule has 0 aliphatic carbocycles. The lowest BCUT2D eigenvalue weighted by molar-refractivity contribution is -0.134. The highest BCUT2D eigenvalue weighted by Gasteiger charge is 2.17. The third-order valence-electron chi connectivity index (χ3n) is 5.25. The number of anilines is 1. The maximum Gasteiger partial charge on any atom is 0.311 e. The van der Waals surface area contributed by atoms with E-state index in [1.165, 1.54) is 0 Å². The van der Waals surface area contributed by atoms with E-state index in [0.29, 0.717) is 25.2 Å². The first kappa shape index (κ1) is 22.4. The van der Waals surface area contributed by atoms with E-state index in [0.717, 1.165) is 53.1 Å². The van der Waals surface area contributed by atoms with Crippen LogP contribution in [0.2, 0.25) is 0 Å². The van der Waals surface area contributed by atoms with Crippen molar-refractivity contribution in [3.05, 3.63) is 84.2 Å². The SMILES string of the molecule is CCCC(=O)Oc1c(Cc2ccccc2)[nH]c2ccc(OCCCNc3ccccn3)cc12. The van der Waals surface area contributed by atoms with Crippen molar-refractivity contribution in [2.45, 2.75) is 32.6 Å². The zero-order valence-corrected chi connectivity index (χ0v) is 18.8. The lowest BCUT2D eigenvalue weighted by Crippen LogP contribution is -2.08. The molecule has 0 saturated heterocycles. The molecule has 6 heteroatoms. The van der Waals surface area contributed by atoms with Crippen molar-refractivity contribution >= 4 is 22.7 Å². The fourth-order valence-electron chi connectivity index (χ4n) is 3.65. The Morgan fingerprint density at radius 2 is 1.91 bits per heavy atom. The summed E-state index contributed by atoms with van der Waals surface area (Å²) in [5, 5.41) is 4.13. The molecule has 0 radical (unpaired) electrons. The number of ether oxygens (including phenoxy) is 2. The maximum atomic E-state index is 12.3. The smallest absolute Gasteiger partial charge is 0.311 e. The van der Waals surface area contributed by atoms with Crippen molar-refractivity contribution in [3.63, 3.8) is 0 Å². The van der Waals surface area contributed by atoms with Gasteiger partial charge in [0.2, 0.25) is 0 Å². The minimum absolute atomic E-state index is 0.223. The third kappa shape index (κ3) is 6.13. The zero-order valence-electron chi connectivity index (χ0n) is 18.8. The van der Waals surface area contributed by atoms with E-state index >= 15 is 0 Å². The number of esters is 1. The molecule has 0 amide bonds. The van der Waals surface area contributed by atoms with Gasteiger partial charge in [-0.2, -0.15) is 0 Å². The second-order valence-corrected chi connectivity index (χ2v) is 7.87. The van der Waals surface area contributed by atoms with Crippen molar-refractivity contribution in [2.75, 3.05) is 18.5 Å². The summed E-state index contributed by atoms with van der Waals surface area (Å²) < 4.78 is 11.8. The van der Waals surface area contributed by atoms with Gasteiger partial charge >= 0.3 is 5.97 Å². The van der Waals surface area contributed by atoms with Crippen molar-refractivity contribution < 1.29 is 14.3 Å². The predicted octanol–water partition coefficient (Wildman–Crippen LogP) is 5.74. The summed E-state index contributed by atoms with van der Waals surface area (Å²) in [7, 11) is 0. The highest BCUT2D eigenvalue weighted by molar-refractivity contribution is 5.91. The summed E-state index contributed by atoms with van der Waals surface area (Å²) in [6.07, 6.45) is 4.38. The normalized spacial score (nSPS) is 10.8. The molecule has 0 spiro atoms. The molecule has 0 atom stereocenters. The first-order valence-electron chi connectivity index (χ1n) is 11.4. The second-order valence-electron chi connectivity index (χ2n) is 7.87. The Labute approximate surface area is 194 Å². The maximum absolute atomic E-state index is 12.3. The summed E-state index contributed by atoms with van der Waals surface area (Å²) in [4.78, 5) is 20.0. The summed E-state index contributed by atoms with van der Waals surface area (Å²) in [6.45, 7) is 3.30. The van der Waals surface area contributed by atoms with Crippen LogP contribution in [0.25, 0.3) is 10.9 Å². The van der Waals surface area contributed by atoms with Gasteiger partial charge in [-0.05, 0) is 48.7 Å². The van der Waals surface area contributed by atoms with Crippen molar-refractivity contribution in [3.8, 4) is 11.5 Å². The second kappa shape index (κ2) is 11.2. The number of benzene rings is 2. The van der Waals surface area contributed by atoms with E-state index in [4.69, 9.17) is 9.47 Å². The van der Waals surface area contributed by atoms with Gasteiger partial charge < -0.3 is 19.8 Å². The Balaban J connectivity index is 1.46. The number of aromatic amines is 1. The highest BCUT2D eigenvalue weighted by atomic mass is 16.5. The first-order chi connectivity index (χ1) is 16.2. The summed E-state index contributed by atoms with van der Waals surface area (Å²) in [6, 6.07) is 21.8. The summed E-state index contributed by atoms with van der Waals surface area (Å²) >= 11 is 0. The highest BCUT2D eigenvalue weighted by Crippen LogP contribution is 2.34. The number of pyridine rings is 1. The molecule has 170 valence electrons. The number of carbonyl (C=O) groups is 1. The third-order valence-corrected chi connectivity index (χ3v) is 5.25. The summed E-state index contributed by atoms with van der Waals surface area (Å²) in [5.41, 5.74) is 2.95. The van der Waals surface area contributed by atoms with Crippen molar-refractivity contribution in [2.24, 2.45) is 0 Å². The van der Waals surface area contributed by atoms with Crippen molar-refractivity contribution in [1.29, 1.82) is 0 Å². The largest absolute Gasteiger partial charge is 0.494 e. The fourth-order valence-corrected chi connectivity index (χ4v) is 3.65. The van der Waals surface area contributed by atoms with Crippen LogP contribution in [0.1, 0.15) is 37.4 Å². The number of carbonyl (C=O) groups excluding carboxylic acids is 1. The number of nitrogens with zero attached hydrogens (tertiary/aromatic N) is 1. The lowest BCUT2D eigenvalue weighted by atomic mass is 10.1. The average Bonchev–Trinajstić information content (AvgIpc) is 3.16. The van der Waals surface area contributed by atoms with E-state index < -0.39 is 0 Å². The minimum Gasteiger partial charge on any atom is -0.494 e. The number of fused-ring (bicyclic) bond motifs is 1. The van der Waals surface area contributed by atoms with Crippen molar-refractivity contribution in [1.82, 2.24) is 9.97 Å². The summed E-state index contributed by atoms with van der Waals surface area (Å²) in [5.74, 6) is 1.98. The van der Waals surface area contributed by atoms with E-state index in [1.54, 1.807) is 6.20 Å². The molecule has 2 heterocycles. The van der Waals surface area contributed by atoms with Gasteiger partial charge in [0, 0.05) is 36.5 Å². The Kier molecular flexibility index (Phi) is 7.59. The Morgan fingerprint density at radius 3 is 2.70 bits per heavy atom. The molecule has 2 aromatic carbocycles. The number of rotatable bonds is 11. The van der Waals surface area contributed by atoms with Gasteiger partial charge in [0.25, 0.3) is 0 Å². The lowest BCUT2D eigenvalue weighted by Gasteiger charge is -2.09. The van der Waals surface area contributed by atoms with Crippen LogP contribution < -0.4 is 14.8 Å². The van der Waals surface area contributed by atoms with Crippen LogP contribution >= 0.6 is 0 Å². The van der Waals surface area contributed by atoms with Gasteiger partial charge in [-0.15, -0.1) is 0 Å². The fraction of sp³-hybridized carbons (Fsp3) is 0.259. The molecule has 0 aliphatic rings. The van der Waals surface area contributed by atoms with Gasteiger partial charge in [0.1, 0.15) is 11.6 Å². The topological polar surface area (TPSA) is 76.2 Å². The zero-order chi connectivity index (χ0) is 22.9. The monoisotopic (exact) mass is 443 g/mol. The van der Waals surface area contributed by atoms with Crippen LogP contribution in [0, 0.1) is 0 Å². The van der Waals surface area contributed by atoms with E-state index in [-0.39, 0.29) is 5.97 Å². The molecule has 0 aliphatic heterocycles. The van der Waals surface area contributed by atoms with Crippen LogP contribution in [0.4, 0.5) is 5.82 Å². The quantitative estimate of drug-likeness (QED) is 0.228. The van der Waals surface area contributed by atoms with Gasteiger partial charge in [-0.25, -0.2) is 4.98 Å². The molecule has 4 rings (SSSR count). The van der Waals surface area contributed by atoms with Gasteiger partial charge in [0.05, 0.1) is 12.3 Å². The van der Waals surface area contributed by atoms with E-state index in [2.05, 4.69) is 27.4 Å². The minimum atomic E-state index is -0.223. The molecule has 0 saturated carbocycles. The van der Waals surface area contributed by atoms with Gasteiger partial charge in [-0.3, -0.25) is 4.79 Å². The molecule has 0 unspecified atom stereocenters. The molecule has 2 N–H and O–H groups in total. The number of aromatic nitrogens is 2. The average molecular weight is 444 g/mol. The number of nitrogens with one attached hydrogen (secondary N) is 2. The van der Waals surface area contributed by atoms with E-state index in [9.17, 15) is 4.79 Å². The van der Waals surface area contributed by atoms with Crippen LogP contribution in [-0.2, 0) is 11.2 Å². The Hall–Kier alpha value is -3.80. The number of hydrogen-bond acceptors (Lipinski definition) is 5. The Bertz CT molecular complexity index is 1170. The van der Waals surface area contributed by atoms with Crippen LogP contribution in [0.5, 0.6) is 11.5 Å². The molecule has 4 aromatic rings. The molecular formula is C27H29N3O3.